The Morgan fingerprint density at radius 2 is 2.29 bits per heavy atom. The van der Waals surface area contributed by atoms with Crippen molar-refractivity contribution >= 4 is 17.3 Å². The fourth-order valence-electron chi connectivity index (χ4n) is 1.13. The van der Waals surface area contributed by atoms with Crippen molar-refractivity contribution in [3.63, 3.8) is 0 Å². The molecule has 0 aromatic heterocycles. The minimum atomic E-state index is -1.11. The van der Waals surface area contributed by atoms with Crippen LogP contribution < -0.4 is 5.73 Å². The molecule has 3 N–H and O–H groups in total. The van der Waals surface area contributed by atoms with Gasteiger partial charge in [0.15, 0.2) is 0 Å². The van der Waals surface area contributed by atoms with Gasteiger partial charge in [0.1, 0.15) is 0 Å². The van der Waals surface area contributed by atoms with Crippen molar-refractivity contribution in [1.29, 1.82) is 0 Å². The van der Waals surface area contributed by atoms with Crippen LogP contribution in [0.5, 0.6) is 0 Å². The fourth-order valence-corrected chi connectivity index (χ4v) is 1.43. The molecule has 6 heteroatoms. The number of rotatable bonds is 3. The van der Waals surface area contributed by atoms with Gasteiger partial charge in [-0.05, 0) is 6.07 Å². The first-order valence-corrected chi connectivity index (χ1v) is 4.26. The molecule has 76 valence electrons. The second-order valence-corrected chi connectivity index (χ2v) is 3.09. The van der Waals surface area contributed by atoms with E-state index in [0.29, 0.717) is 0 Å². The summed E-state index contributed by atoms with van der Waals surface area (Å²) in [6, 6.07) is 4.20. The van der Waals surface area contributed by atoms with E-state index in [1.54, 1.807) is 0 Å². The fraction of sp³-hybridized carbons (Fsp3) is 0.250. The number of nitro benzene ring substituents is 1. The summed E-state index contributed by atoms with van der Waals surface area (Å²) < 4.78 is 0. The van der Waals surface area contributed by atoms with Gasteiger partial charge in [-0.25, -0.2) is 0 Å². The van der Waals surface area contributed by atoms with Crippen LogP contribution >= 0.6 is 11.6 Å². The Morgan fingerprint density at radius 1 is 1.64 bits per heavy atom. The van der Waals surface area contributed by atoms with Crippen molar-refractivity contribution in [3.05, 3.63) is 38.9 Å². The Morgan fingerprint density at radius 3 is 2.79 bits per heavy atom. The molecule has 14 heavy (non-hydrogen) atoms. The van der Waals surface area contributed by atoms with E-state index < -0.39 is 11.0 Å². The number of hydrogen-bond donors (Lipinski definition) is 2. The molecule has 0 radical (unpaired) electrons. The molecular weight excluding hydrogens is 208 g/mol. The molecule has 0 saturated carbocycles. The van der Waals surface area contributed by atoms with Gasteiger partial charge in [0.25, 0.3) is 5.69 Å². The van der Waals surface area contributed by atoms with Gasteiger partial charge in [-0.1, -0.05) is 17.7 Å². The molecule has 0 heterocycles. The van der Waals surface area contributed by atoms with Gasteiger partial charge < -0.3 is 10.8 Å². The largest absolute Gasteiger partial charge is 0.387 e. The number of halogens is 1. The molecule has 0 aliphatic rings. The zero-order valence-electron chi connectivity index (χ0n) is 7.18. The van der Waals surface area contributed by atoms with E-state index in [0.717, 1.165) is 0 Å². The summed E-state index contributed by atoms with van der Waals surface area (Å²) in [6.07, 6.45) is -1.11. The van der Waals surface area contributed by atoms with E-state index in [1.165, 1.54) is 18.2 Å². The van der Waals surface area contributed by atoms with Crippen molar-refractivity contribution in [3.8, 4) is 0 Å². The molecule has 1 aromatic rings. The van der Waals surface area contributed by atoms with Crippen LogP contribution in [-0.2, 0) is 0 Å². The maximum Gasteiger partial charge on any atom is 0.276 e. The van der Waals surface area contributed by atoms with Gasteiger partial charge in [0, 0.05) is 12.6 Å². The number of aliphatic hydroxyl groups is 1. The SMILES string of the molecule is NC[C@@H](O)c1c(Cl)cccc1[N+](=O)[O-]. The van der Waals surface area contributed by atoms with Gasteiger partial charge in [0.05, 0.1) is 21.6 Å². The summed E-state index contributed by atoms with van der Waals surface area (Å²) in [4.78, 5) is 9.99. The monoisotopic (exact) mass is 216 g/mol. The summed E-state index contributed by atoms with van der Waals surface area (Å²) in [6.45, 7) is -0.107. The molecule has 0 unspecified atom stereocenters. The highest BCUT2D eigenvalue weighted by atomic mass is 35.5. The second kappa shape index (κ2) is 4.36. The molecule has 0 spiro atoms. The molecule has 0 saturated heterocycles. The van der Waals surface area contributed by atoms with Crippen LogP contribution in [-0.4, -0.2) is 16.6 Å². The van der Waals surface area contributed by atoms with Crippen molar-refractivity contribution in [2.24, 2.45) is 5.73 Å². The molecule has 1 aromatic carbocycles. The predicted octanol–water partition coefficient (Wildman–Crippen LogP) is 1.24. The van der Waals surface area contributed by atoms with Gasteiger partial charge in [-0.3, -0.25) is 10.1 Å². The normalized spacial score (nSPS) is 12.5. The van der Waals surface area contributed by atoms with Crippen LogP contribution in [0.3, 0.4) is 0 Å². The minimum absolute atomic E-state index is 0.0710. The van der Waals surface area contributed by atoms with E-state index in [4.69, 9.17) is 17.3 Å². The highest BCUT2D eigenvalue weighted by molar-refractivity contribution is 6.31. The third-order valence-corrected chi connectivity index (χ3v) is 2.11. The number of nitrogens with two attached hydrogens (primary N) is 1. The topological polar surface area (TPSA) is 89.4 Å². The average molecular weight is 217 g/mol. The molecule has 0 bridgehead atoms. The zero-order valence-corrected chi connectivity index (χ0v) is 7.94. The Bertz CT molecular complexity index is 356. The number of benzene rings is 1. The summed E-state index contributed by atoms with van der Waals surface area (Å²) in [5.41, 5.74) is 5.07. The van der Waals surface area contributed by atoms with Crippen molar-refractivity contribution < 1.29 is 10.0 Å². The van der Waals surface area contributed by atoms with Gasteiger partial charge >= 0.3 is 0 Å². The van der Waals surface area contributed by atoms with Gasteiger partial charge in [0.2, 0.25) is 0 Å². The van der Waals surface area contributed by atoms with Crippen molar-refractivity contribution in [1.82, 2.24) is 0 Å². The highest BCUT2D eigenvalue weighted by Crippen LogP contribution is 2.31. The lowest BCUT2D eigenvalue weighted by Crippen LogP contribution is -2.13. The van der Waals surface area contributed by atoms with Crippen molar-refractivity contribution in [2.75, 3.05) is 6.54 Å². The lowest BCUT2D eigenvalue weighted by molar-refractivity contribution is -0.386. The predicted molar refractivity (Wildman–Crippen MR) is 52.1 cm³/mol. The second-order valence-electron chi connectivity index (χ2n) is 2.68. The van der Waals surface area contributed by atoms with E-state index in [2.05, 4.69) is 0 Å². The summed E-state index contributed by atoms with van der Waals surface area (Å²) in [5, 5.41) is 20.2. The highest BCUT2D eigenvalue weighted by Gasteiger charge is 2.22. The quantitative estimate of drug-likeness (QED) is 0.588. The van der Waals surface area contributed by atoms with Crippen LogP contribution in [0, 0.1) is 10.1 Å². The third-order valence-electron chi connectivity index (χ3n) is 1.78. The Balaban J connectivity index is 3.29. The minimum Gasteiger partial charge on any atom is -0.387 e. The first-order chi connectivity index (χ1) is 6.57. The van der Waals surface area contributed by atoms with Crippen LogP contribution in [0.2, 0.25) is 5.02 Å². The molecular formula is C8H9ClN2O3. The number of nitro groups is 1. The Kier molecular flexibility index (Phi) is 3.40. The summed E-state index contributed by atoms with van der Waals surface area (Å²) >= 11 is 5.73. The Labute approximate surface area is 85.3 Å². The van der Waals surface area contributed by atoms with Crippen LogP contribution in [0.4, 0.5) is 5.69 Å². The maximum absolute atomic E-state index is 10.6. The van der Waals surface area contributed by atoms with E-state index in [-0.39, 0.29) is 22.8 Å². The van der Waals surface area contributed by atoms with Crippen molar-refractivity contribution in [2.45, 2.75) is 6.10 Å². The van der Waals surface area contributed by atoms with Crippen LogP contribution in [0.1, 0.15) is 11.7 Å². The number of nitrogens with zero attached hydrogens (tertiary/aromatic N) is 1. The van der Waals surface area contributed by atoms with Crippen LogP contribution in [0.25, 0.3) is 0 Å². The maximum atomic E-state index is 10.6. The first-order valence-electron chi connectivity index (χ1n) is 3.89. The molecule has 0 amide bonds. The molecule has 1 atom stereocenters. The molecule has 0 fully saturated rings. The third kappa shape index (κ3) is 2.01. The standard InChI is InChI=1S/C8H9ClN2O3/c9-5-2-1-3-6(11(13)14)8(5)7(12)4-10/h1-3,7,12H,4,10H2/t7-/m1/s1. The molecule has 1 rings (SSSR count). The molecule has 5 nitrogen and oxygen atoms in total. The number of hydrogen-bond acceptors (Lipinski definition) is 4. The lowest BCUT2D eigenvalue weighted by atomic mass is 10.1. The zero-order chi connectivity index (χ0) is 10.7. The lowest BCUT2D eigenvalue weighted by Gasteiger charge is -2.09. The van der Waals surface area contributed by atoms with E-state index in [1.807, 2.05) is 0 Å². The molecule has 0 aliphatic heterocycles. The summed E-state index contributed by atoms with van der Waals surface area (Å²) in [7, 11) is 0. The van der Waals surface area contributed by atoms with E-state index >= 15 is 0 Å². The van der Waals surface area contributed by atoms with Gasteiger partial charge in [-0.2, -0.15) is 0 Å². The van der Waals surface area contributed by atoms with Crippen LogP contribution in [0.15, 0.2) is 18.2 Å². The molecule has 0 aliphatic carbocycles. The smallest absolute Gasteiger partial charge is 0.276 e. The summed E-state index contributed by atoms with van der Waals surface area (Å²) in [5.74, 6) is 0. The first kappa shape index (κ1) is 10.9. The average Bonchev–Trinajstić information content (AvgIpc) is 2.16. The van der Waals surface area contributed by atoms with E-state index in [9.17, 15) is 15.2 Å². The Hall–Kier alpha value is -1.17. The van der Waals surface area contributed by atoms with Gasteiger partial charge in [-0.15, -0.1) is 0 Å². The number of aliphatic hydroxyl groups excluding tert-OH is 1.